The van der Waals surface area contributed by atoms with Crippen LogP contribution in [0, 0.1) is 0 Å². The van der Waals surface area contributed by atoms with Gasteiger partial charge in [0.15, 0.2) is 0 Å². The highest BCUT2D eigenvalue weighted by Crippen LogP contribution is 2.19. The molecule has 0 aliphatic carbocycles. The van der Waals surface area contributed by atoms with Crippen molar-refractivity contribution in [1.29, 1.82) is 0 Å². The molecule has 2 rings (SSSR count). The van der Waals surface area contributed by atoms with Gasteiger partial charge in [0, 0.05) is 35.9 Å². The topological polar surface area (TPSA) is 40.7 Å². The van der Waals surface area contributed by atoms with Crippen LogP contribution in [0.25, 0.3) is 17.1 Å². The van der Waals surface area contributed by atoms with Crippen LogP contribution in [-0.4, -0.2) is 22.6 Å². The number of hydrogen-bond acceptors (Lipinski definition) is 2. The minimum absolute atomic E-state index is 0.518. The molecule has 0 amide bonds. The summed E-state index contributed by atoms with van der Waals surface area (Å²) in [6.07, 6.45) is 7.17. The summed E-state index contributed by atoms with van der Waals surface area (Å²) in [5, 5.41) is 4.65. The Morgan fingerprint density at radius 3 is 3.06 bits per heavy atom. The molecule has 2 heterocycles. The van der Waals surface area contributed by atoms with Crippen LogP contribution >= 0.6 is 0 Å². The molecule has 2 aromatic rings. The van der Waals surface area contributed by atoms with Gasteiger partial charge in [0.25, 0.3) is 0 Å². The van der Waals surface area contributed by atoms with Gasteiger partial charge >= 0.3 is 0 Å². The number of aromatic amines is 1. The Kier molecular flexibility index (Phi) is 4.15. The largest absolute Gasteiger partial charge is 0.346 e. The van der Waals surface area contributed by atoms with Crippen molar-refractivity contribution in [2.24, 2.45) is 0 Å². The number of nitrogens with one attached hydrogen (secondary N) is 2. The summed E-state index contributed by atoms with van der Waals surface area (Å²) in [6, 6.07) is 4.60. The van der Waals surface area contributed by atoms with Crippen LogP contribution in [0.15, 0.2) is 30.1 Å². The average molecular weight is 243 g/mol. The molecule has 0 atom stereocenters. The van der Waals surface area contributed by atoms with Crippen molar-refractivity contribution >= 4 is 17.1 Å². The van der Waals surface area contributed by atoms with Gasteiger partial charge in [0.1, 0.15) is 5.65 Å². The normalized spacial score (nSPS) is 12.6. The molecule has 0 aromatic carbocycles. The van der Waals surface area contributed by atoms with E-state index in [-0.39, 0.29) is 0 Å². The summed E-state index contributed by atoms with van der Waals surface area (Å²) in [5.41, 5.74) is 3.59. The Morgan fingerprint density at radius 1 is 1.50 bits per heavy atom. The van der Waals surface area contributed by atoms with Crippen molar-refractivity contribution in [3.05, 3.63) is 35.7 Å². The number of H-pyrrole nitrogens is 1. The summed E-state index contributed by atoms with van der Waals surface area (Å²) in [7, 11) is 0. The van der Waals surface area contributed by atoms with Crippen LogP contribution in [0.4, 0.5) is 0 Å². The first-order valence-corrected chi connectivity index (χ1v) is 6.55. The Hall–Kier alpha value is -1.61. The maximum absolute atomic E-state index is 4.31. The number of nitrogens with zero attached hydrogens (tertiary/aromatic N) is 1. The Labute approximate surface area is 108 Å². The Bertz CT molecular complexity index is 537. The predicted octanol–water partition coefficient (Wildman–Crippen LogP) is 3.35. The summed E-state index contributed by atoms with van der Waals surface area (Å²) in [6.45, 7) is 7.48. The fourth-order valence-electron chi connectivity index (χ4n) is 1.93. The molecule has 0 aliphatic heterocycles. The number of rotatable bonds is 5. The van der Waals surface area contributed by atoms with E-state index in [4.69, 9.17) is 0 Å². The van der Waals surface area contributed by atoms with Crippen molar-refractivity contribution in [2.45, 2.75) is 33.2 Å². The highest BCUT2D eigenvalue weighted by Gasteiger charge is 2.03. The van der Waals surface area contributed by atoms with E-state index < -0.39 is 0 Å². The lowest BCUT2D eigenvalue weighted by atomic mass is 10.1. The molecule has 0 spiro atoms. The smallest absolute Gasteiger partial charge is 0.137 e. The number of aromatic nitrogens is 2. The van der Waals surface area contributed by atoms with Gasteiger partial charge in [-0.2, -0.15) is 0 Å². The molecule has 96 valence electrons. The molecule has 0 bridgehead atoms. The third kappa shape index (κ3) is 2.99. The zero-order valence-corrected chi connectivity index (χ0v) is 11.3. The van der Waals surface area contributed by atoms with Crippen LogP contribution in [-0.2, 0) is 0 Å². The van der Waals surface area contributed by atoms with Gasteiger partial charge in [0.05, 0.1) is 0 Å². The van der Waals surface area contributed by atoms with Gasteiger partial charge in [-0.25, -0.2) is 4.98 Å². The second kappa shape index (κ2) is 5.83. The average Bonchev–Trinajstić information content (AvgIpc) is 2.77. The lowest BCUT2D eigenvalue weighted by molar-refractivity contribution is 0.617. The van der Waals surface area contributed by atoms with Crippen LogP contribution in [0.2, 0.25) is 0 Å². The Morgan fingerprint density at radius 2 is 2.33 bits per heavy atom. The molecule has 0 saturated heterocycles. The minimum atomic E-state index is 0.518. The van der Waals surface area contributed by atoms with Crippen molar-refractivity contribution in [3.63, 3.8) is 0 Å². The highest BCUT2D eigenvalue weighted by molar-refractivity contribution is 5.86. The maximum atomic E-state index is 4.31. The molecule has 2 N–H and O–H groups in total. The van der Waals surface area contributed by atoms with Crippen molar-refractivity contribution < 1.29 is 0 Å². The highest BCUT2D eigenvalue weighted by atomic mass is 14.9. The van der Waals surface area contributed by atoms with E-state index in [9.17, 15) is 0 Å². The van der Waals surface area contributed by atoms with Gasteiger partial charge in [-0.1, -0.05) is 32.4 Å². The van der Waals surface area contributed by atoms with E-state index in [2.05, 4.69) is 48.2 Å². The minimum Gasteiger partial charge on any atom is -0.346 e. The molecule has 18 heavy (non-hydrogen) atoms. The molecular weight excluding hydrogens is 222 g/mol. The van der Waals surface area contributed by atoms with Gasteiger partial charge in [0.2, 0.25) is 0 Å². The molecule has 3 nitrogen and oxygen atoms in total. The van der Waals surface area contributed by atoms with E-state index in [1.807, 2.05) is 18.5 Å². The molecule has 3 heteroatoms. The zero-order valence-electron chi connectivity index (χ0n) is 11.3. The van der Waals surface area contributed by atoms with Crippen LogP contribution in [0.3, 0.4) is 0 Å². The third-order valence-corrected chi connectivity index (χ3v) is 3.03. The summed E-state index contributed by atoms with van der Waals surface area (Å²) in [5.74, 6) is 0. The number of pyridine rings is 1. The third-order valence-electron chi connectivity index (χ3n) is 3.03. The standard InChI is InChI=1S/C15H21N3/c1-4-12(9-17-11(2)3)8-13-10-18-15-14(13)6-5-7-16-15/h5-8,10-11,17H,4,9H2,1-3H3,(H,16,18). The van der Waals surface area contributed by atoms with Gasteiger partial charge in [-0.05, 0) is 18.6 Å². The van der Waals surface area contributed by atoms with E-state index in [0.717, 1.165) is 18.6 Å². The molecule has 2 aromatic heterocycles. The second-order valence-corrected chi connectivity index (χ2v) is 4.84. The summed E-state index contributed by atoms with van der Waals surface area (Å²) < 4.78 is 0. The van der Waals surface area contributed by atoms with E-state index in [0.29, 0.717) is 6.04 Å². The molecular formula is C15H21N3. The monoisotopic (exact) mass is 243 g/mol. The zero-order chi connectivity index (χ0) is 13.0. The molecule has 0 unspecified atom stereocenters. The molecule has 0 saturated carbocycles. The van der Waals surface area contributed by atoms with Crippen LogP contribution in [0.5, 0.6) is 0 Å². The SMILES string of the molecule is CCC(=Cc1c[nH]c2ncccc12)CNC(C)C. The first-order valence-electron chi connectivity index (χ1n) is 6.55. The van der Waals surface area contributed by atoms with Crippen molar-refractivity contribution in [1.82, 2.24) is 15.3 Å². The lowest BCUT2D eigenvalue weighted by Gasteiger charge is -2.10. The number of fused-ring (bicyclic) bond motifs is 1. The van der Waals surface area contributed by atoms with Gasteiger partial charge in [-0.15, -0.1) is 0 Å². The predicted molar refractivity (Wildman–Crippen MR) is 77.5 cm³/mol. The fourth-order valence-corrected chi connectivity index (χ4v) is 1.93. The maximum Gasteiger partial charge on any atom is 0.137 e. The Balaban J connectivity index is 2.24. The summed E-state index contributed by atoms with van der Waals surface area (Å²) in [4.78, 5) is 7.52. The second-order valence-electron chi connectivity index (χ2n) is 4.84. The van der Waals surface area contributed by atoms with E-state index in [1.54, 1.807) is 0 Å². The number of hydrogen-bond donors (Lipinski definition) is 2. The molecule has 0 fully saturated rings. The quantitative estimate of drug-likeness (QED) is 0.845. The van der Waals surface area contributed by atoms with E-state index >= 15 is 0 Å². The fraction of sp³-hybridized carbons (Fsp3) is 0.400. The molecule has 0 aliphatic rings. The first kappa shape index (κ1) is 12.8. The molecule has 0 radical (unpaired) electrons. The van der Waals surface area contributed by atoms with Crippen LogP contribution in [0.1, 0.15) is 32.8 Å². The summed E-state index contributed by atoms with van der Waals surface area (Å²) >= 11 is 0. The van der Waals surface area contributed by atoms with Gasteiger partial charge < -0.3 is 10.3 Å². The van der Waals surface area contributed by atoms with Gasteiger partial charge in [-0.3, -0.25) is 0 Å². The first-order chi connectivity index (χ1) is 8.70. The van der Waals surface area contributed by atoms with Crippen LogP contribution < -0.4 is 5.32 Å². The lowest BCUT2D eigenvalue weighted by Crippen LogP contribution is -2.24. The van der Waals surface area contributed by atoms with E-state index in [1.165, 1.54) is 16.5 Å². The van der Waals surface area contributed by atoms with Crippen molar-refractivity contribution in [3.8, 4) is 0 Å². The van der Waals surface area contributed by atoms with Crippen molar-refractivity contribution in [2.75, 3.05) is 6.54 Å².